The summed E-state index contributed by atoms with van der Waals surface area (Å²) in [6, 6.07) is 8.70. The summed E-state index contributed by atoms with van der Waals surface area (Å²) in [5, 5.41) is 9.85. The number of rotatable bonds is 6. The third-order valence-corrected chi connectivity index (χ3v) is 4.89. The molecule has 2 rings (SSSR count). The smallest absolute Gasteiger partial charge is 0.270 e. The van der Waals surface area contributed by atoms with Crippen molar-refractivity contribution in [3.8, 4) is 0 Å². The van der Waals surface area contributed by atoms with E-state index in [-0.39, 0.29) is 10.6 Å². The quantitative estimate of drug-likeness (QED) is 0.441. The maximum Gasteiger partial charge on any atom is 0.270 e. The van der Waals surface area contributed by atoms with Gasteiger partial charge in [-0.15, -0.1) is 0 Å². The molecule has 0 fully saturated rings. The molecule has 0 radical (unpaired) electrons. The first-order valence-corrected chi connectivity index (χ1v) is 8.25. The van der Waals surface area contributed by atoms with E-state index in [1.54, 1.807) is 0 Å². The van der Waals surface area contributed by atoms with E-state index in [0.717, 1.165) is 42.5 Å². The van der Waals surface area contributed by atoms with Gasteiger partial charge >= 0.3 is 0 Å². The molecule has 2 aromatic rings. The van der Waals surface area contributed by atoms with Gasteiger partial charge in [0.1, 0.15) is 12.4 Å². The zero-order valence-electron chi connectivity index (χ0n) is 11.9. The number of carbonyl (C=O) groups excluding carboxylic acids is 1. The third-order valence-electron chi connectivity index (χ3n) is 3.00. The van der Waals surface area contributed by atoms with Gasteiger partial charge in [-0.1, -0.05) is 6.07 Å². The Balaban J connectivity index is 2.55. The van der Waals surface area contributed by atoms with E-state index in [0.29, 0.717) is 4.31 Å². The Morgan fingerprint density at radius 3 is 2.38 bits per heavy atom. The molecule has 0 aliphatic heterocycles. The fourth-order valence-corrected chi connectivity index (χ4v) is 3.57. The highest BCUT2D eigenvalue weighted by Gasteiger charge is 2.28. The van der Waals surface area contributed by atoms with Gasteiger partial charge in [-0.3, -0.25) is 19.2 Å². The molecule has 0 aliphatic carbocycles. The number of hydrogen-bond acceptors (Lipinski definition) is 5. The van der Waals surface area contributed by atoms with Crippen LogP contribution in [0.1, 0.15) is 0 Å². The molecule has 0 aromatic heterocycles. The van der Waals surface area contributed by atoms with Gasteiger partial charge in [-0.05, 0) is 41.9 Å². The summed E-state index contributed by atoms with van der Waals surface area (Å²) >= 11 is 5.30. The average Bonchev–Trinajstić information content (AvgIpc) is 2.53. The van der Waals surface area contributed by atoms with Crippen LogP contribution < -0.4 is 4.31 Å². The number of sulfonamides is 1. The summed E-state index contributed by atoms with van der Waals surface area (Å²) in [7, 11) is -4.32. The SMILES string of the molecule is O=C(Cl)CN(c1ccc(F)cc1)S(=O)(=O)c1cccc([N+](=O)[O-])c1. The molecule has 0 unspecified atom stereocenters. The van der Waals surface area contributed by atoms with Crippen molar-refractivity contribution in [3.63, 3.8) is 0 Å². The van der Waals surface area contributed by atoms with Gasteiger partial charge in [-0.2, -0.15) is 0 Å². The number of nitrogens with zero attached hydrogens (tertiary/aromatic N) is 2. The van der Waals surface area contributed by atoms with E-state index >= 15 is 0 Å². The monoisotopic (exact) mass is 372 g/mol. The van der Waals surface area contributed by atoms with Crippen LogP contribution in [0.25, 0.3) is 0 Å². The molecule has 0 spiro atoms. The lowest BCUT2D eigenvalue weighted by atomic mass is 10.3. The molecule has 0 bridgehead atoms. The first-order valence-electron chi connectivity index (χ1n) is 6.43. The number of halogens is 2. The molecule has 0 heterocycles. The molecule has 0 aliphatic rings. The van der Waals surface area contributed by atoms with E-state index in [1.165, 1.54) is 6.07 Å². The summed E-state index contributed by atoms with van der Waals surface area (Å²) in [5.41, 5.74) is -0.427. The minimum absolute atomic E-state index is 0.00286. The first-order chi connectivity index (χ1) is 11.2. The molecular formula is C14H10ClFN2O5S. The summed E-state index contributed by atoms with van der Waals surface area (Å²) in [4.78, 5) is 20.9. The maximum absolute atomic E-state index is 13.0. The predicted octanol–water partition coefficient (Wildman–Crippen LogP) is 2.69. The average molecular weight is 373 g/mol. The Morgan fingerprint density at radius 2 is 1.83 bits per heavy atom. The fraction of sp³-hybridized carbons (Fsp3) is 0.0714. The minimum Gasteiger partial charge on any atom is -0.279 e. The molecule has 10 heteroatoms. The Morgan fingerprint density at radius 1 is 1.21 bits per heavy atom. The van der Waals surface area contributed by atoms with E-state index < -0.39 is 38.2 Å². The van der Waals surface area contributed by atoms with Crippen molar-refractivity contribution >= 4 is 38.2 Å². The van der Waals surface area contributed by atoms with Crippen LogP contribution in [0.3, 0.4) is 0 Å². The Labute approximate surface area is 141 Å². The summed E-state index contributed by atoms with van der Waals surface area (Å²) < 4.78 is 39.1. The zero-order valence-corrected chi connectivity index (χ0v) is 13.5. The number of hydrogen-bond donors (Lipinski definition) is 0. The summed E-state index contributed by atoms with van der Waals surface area (Å²) in [6.45, 7) is -0.710. The number of nitro groups is 1. The highest BCUT2D eigenvalue weighted by Crippen LogP contribution is 2.26. The van der Waals surface area contributed by atoms with Crippen LogP contribution in [0.15, 0.2) is 53.4 Å². The Bertz CT molecular complexity index is 886. The standard InChI is InChI=1S/C14H10ClFN2O5S/c15-14(19)9-17(11-6-4-10(16)5-7-11)24(22,23)13-3-1-2-12(8-13)18(20)21/h1-8H,9H2. The molecule has 0 saturated carbocycles. The van der Waals surface area contributed by atoms with E-state index in [1.807, 2.05) is 0 Å². The fourth-order valence-electron chi connectivity index (χ4n) is 1.92. The summed E-state index contributed by atoms with van der Waals surface area (Å²) in [5.74, 6) is -0.594. The van der Waals surface area contributed by atoms with Crippen LogP contribution in [0.5, 0.6) is 0 Å². The zero-order chi connectivity index (χ0) is 17.9. The predicted molar refractivity (Wildman–Crippen MR) is 84.9 cm³/mol. The first kappa shape index (κ1) is 17.8. The lowest BCUT2D eigenvalue weighted by Gasteiger charge is -2.22. The lowest BCUT2D eigenvalue weighted by molar-refractivity contribution is -0.385. The highest BCUT2D eigenvalue weighted by atomic mass is 35.5. The van der Waals surface area contributed by atoms with Crippen LogP contribution in [0.2, 0.25) is 0 Å². The van der Waals surface area contributed by atoms with Gasteiger partial charge in [0.05, 0.1) is 15.5 Å². The lowest BCUT2D eigenvalue weighted by Crippen LogP contribution is -2.34. The number of carbonyl (C=O) groups is 1. The second-order valence-electron chi connectivity index (χ2n) is 4.60. The number of non-ortho nitro benzene ring substituents is 1. The molecule has 7 nitrogen and oxygen atoms in total. The molecule has 0 atom stereocenters. The van der Waals surface area contributed by atoms with Crippen molar-refractivity contribution in [1.82, 2.24) is 0 Å². The third kappa shape index (κ3) is 3.87. The van der Waals surface area contributed by atoms with Crippen LogP contribution in [0, 0.1) is 15.9 Å². The van der Waals surface area contributed by atoms with Crippen molar-refractivity contribution in [1.29, 1.82) is 0 Å². The van der Waals surface area contributed by atoms with E-state index in [9.17, 15) is 27.7 Å². The van der Waals surface area contributed by atoms with Crippen molar-refractivity contribution in [2.75, 3.05) is 10.8 Å². The van der Waals surface area contributed by atoms with Crippen molar-refractivity contribution in [2.24, 2.45) is 0 Å². The van der Waals surface area contributed by atoms with E-state index in [2.05, 4.69) is 0 Å². The molecule has 2 aromatic carbocycles. The van der Waals surface area contributed by atoms with Crippen molar-refractivity contribution in [2.45, 2.75) is 4.90 Å². The number of benzene rings is 2. The van der Waals surface area contributed by atoms with Crippen LogP contribution in [-0.2, 0) is 14.8 Å². The Hall–Kier alpha value is -2.52. The van der Waals surface area contributed by atoms with Gasteiger partial charge in [0.2, 0.25) is 5.24 Å². The van der Waals surface area contributed by atoms with Crippen LogP contribution in [0.4, 0.5) is 15.8 Å². The normalized spacial score (nSPS) is 11.1. The Kier molecular flexibility index (Phi) is 5.15. The van der Waals surface area contributed by atoms with Gasteiger partial charge in [-0.25, -0.2) is 12.8 Å². The molecule has 0 amide bonds. The van der Waals surface area contributed by atoms with Crippen molar-refractivity contribution < 1.29 is 22.5 Å². The number of anilines is 1. The minimum atomic E-state index is -4.32. The van der Waals surface area contributed by atoms with Crippen molar-refractivity contribution in [3.05, 3.63) is 64.5 Å². The molecule has 24 heavy (non-hydrogen) atoms. The largest absolute Gasteiger partial charge is 0.279 e. The van der Waals surface area contributed by atoms with E-state index in [4.69, 9.17) is 11.6 Å². The van der Waals surface area contributed by atoms with Gasteiger partial charge in [0.15, 0.2) is 0 Å². The molecular weight excluding hydrogens is 363 g/mol. The van der Waals surface area contributed by atoms with Gasteiger partial charge in [0.25, 0.3) is 15.7 Å². The van der Waals surface area contributed by atoms with Gasteiger partial charge in [0, 0.05) is 12.1 Å². The second kappa shape index (κ2) is 6.93. The highest BCUT2D eigenvalue weighted by molar-refractivity contribution is 7.92. The summed E-state index contributed by atoms with van der Waals surface area (Å²) in [6.07, 6.45) is 0. The van der Waals surface area contributed by atoms with Crippen LogP contribution >= 0.6 is 11.6 Å². The second-order valence-corrected chi connectivity index (χ2v) is 6.88. The van der Waals surface area contributed by atoms with Gasteiger partial charge < -0.3 is 0 Å². The molecule has 0 N–H and O–H groups in total. The topological polar surface area (TPSA) is 97.6 Å². The molecule has 126 valence electrons. The number of nitro benzene ring substituents is 1. The maximum atomic E-state index is 13.0. The molecule has 0 saturated heterocycles. The van der Waals surface area contributed by atoms with Crippen LogP contribution in [-0.4, -0.2) is 25.1 Å².